The summed E-state index contributed by atoms with van der Waals surface area (Å²) < 4.78 is 71.2. The van der Waals surface area contributed by atoms with Crippen molar-refractivity contribution >= 4 is 26.8 Å². The summed E-state index contributed by atoms with van der Waals surface area (Å²) in [6.45, 7) is 1.39. The maximum atomic E-state index is 14.1. The smallest absolute Gasteiger partial charge is 0.416 e. The molecule has 0 aliphatic carbocycles. The minimum atomic E-state index is -4.72. The summed E-state index contributed by atoms with van der Waals surface area (Å²) in [6, 6.07) is 16.8. The van der Waals surface area contributed by atoms with Gasteiger partial charge in [0, 0.05) is 24.7 Å². The standard InChI is InChI=1S/C30H27F3N2O5S/c1-2-3-14-34-18-25(29(37)38)35-26(36)17-22(15-20-10-6-9-19-8-4-5-13-24(19)20)27(28(35)41(34,39)40)21-11-7-12-23(16-21)30(31,32)33/h4-13,16-17,25H,2-3,14-15,18H2,1H3,(H,37,38)/t25-/m0/s1. The molecule has 0 saturated carbocycles. The minimum absolute atomic E-state index is 0.00633. The second-order valence-electron chi connectivity index (χ2n) is 10.0. The molecule has 11 heteroatoms. The van der Waals surface area contributed by atoms with Gasteiger partial charge in [0.2, 0.25) is 0 Å². The van der Waals surface area contributed by atoms with Crippen LogP contribution in [0.15, 0.2) is 82.6 Å². The zero-order valence-corrected chi connectivity index (χ0v) is 22.9. The predicted octanol–water partition coefficient (Wildman–Crippen LogP) is 5.71. The molecule has 1 N–H and O–H groups in total. The maximum absolute atomic E-state index is 14.1. The average Bonchev–Trinajstić information content (AvgIpc) is 2.92. The lowest BCUT2D eigenvalue weighted by molar-refractivity contribution is -0.141. The topological polar surface area (TPSA) is 96.7 Å². The number of aromatic nitrogens is 1. The molecule has 0 spiro atoms. The molecule has 5 rings (SSSR count). The number of carboxylic acids is 1. The van der Waals surface area contributed by atoms with Gasteiger partial charge >= 0.3 is 12.1 Å². The monoisotopic (exact) mass is 584 g/mol. The Kier molecular flexibility index (Phi) is 7.52. The van der Waals surface area contributed by atoms with Crippen LogP contribution in [-0.2, 0) is 27.4 Å². The number of aliphatic carboxylic acids is 1. The second kappa shape index (κ2) is 10.8. The highest BCUT2D eigenvalue weighted by atomic mass is 32.2. The quantitative estimate of drug-likeness (QED) is 0.300. The van der Waals surface area contributed by atoms with Crippen LogP contribution in [-0.4, -0.2) is 41.5 Å². The number of hydrogen-bond donors (Lipinski definition) is 1. The summed E-state index contributed by atoms with van der Waals surface area (Å²) in [5.41, 5.74) is -1.13. The Morgan fingerprint density at radius 3 is 2.41 bits per heavy atom. The van der Waals surface area contributed by atoms with Gasteiger partial charge in [-0.2, -0.15) is 17.5 Å². The number of hydrogen-bond acceptors (Lipinski definition) is 4. The number of alkyl halides is 3. The number of carbonyl (C=O) groups is 1. The number of benzene rings is 3. The van der Waals surface area contributed by atoms with Gasteiger partial charge in [0.25, 0.3) is 15.6 Å². The largest absolute Gasteiger partial charge is 0.480 e. The van der Waals surface area contributed by atoms with Crippen molar-refractivity contribution < 1.29 is 31.5 Å². The van der Waals surface area contributed by atoms with Gasteiger partial charge in [0.15, 0.2) is 5.03 Å². The number of carboxylic acid groups (broad SMARTS) is 1. The summed E-state index contributed by atoms with van der Waals surface area (Å²) in [4.78, 5) is 25.8. The second-order valence-corrected chi connectivity index (χ2v) is 11.9. The van der Waals surface area contributed by atoms with Crippen LogP contribution in [0.4, 0.5) is 13.2 Å². The molecule has 41 heavy (non-hydrogen) atoms. The third-order valence-corrected chi connectivity index (χ3v) is 9.25. The number of halogens is 3. The molecule has 1 aliphatic rings. The summed E-state index contributed by atoms with van der Waals surface area (Å²) in [5, 5.41) is 11.2. The maximum Gasteiger partial charge on any atom is 0.416 e. The predicted molar refractivity (Wildman–Crippen MR) is 148 cm³/mol. The Labute approximate surface area is 234 Å². The summed E-state index contributed by atoms with van der Waals surface area (Å²) in [7, 11) is -4.48. The first kappa shape index (κ1) is 28.6. The molecular weight excluding hydrogens is 557 g/mol. The van der Waals surface area contributed by atoms with E-state index in [0.29, 0.717) is 17.4 Å². The highest BCUT2D eigenvalue weighted by Crippen LogP contribution is 2.40. The van der Waals surface area contributed by atoms with Crippen LogP contribution in [0.1, 0.15) is 42.5 Å². The molecule has 2 heterocycles. The van der Waals surface area contributed by atoms with Crippen LogP contribution in [0.2, 0.25) is 0 Å². The van der Waals surface area contributed by atoms with Crippen LogP contribution in [0.5, 0.6) is 0 Å². The van der Waals surface area contributed by atoms with Gasteiger partial charge in [-0.15, -0.1) is 0 Å². The molecule has 0 unspecified atom stereocenters. The molecule has 0 amide bonds. The van der Waals surface area contributed by atoms with E-state index >= 15 is 0 Å². The normalized spacial score (nSPS) is 16.9. The van der Waals surface area contributed by atoms with Crippen LogP contribution < -0.4 is 5.56 Å². The molecule has 7 nitrogen and oxygen atoms in total. The van der Waals surface area contributed by atoms with E-state index in [9.17, 15) is 36.3 Å². The molecule has 1 aliphatic heterocycles. The third-order valence-electron chi connectivity index (χ3n) is 7.35. The summed E-state index contributed by atoms with van der Waals surface area (Å²) in [6.07, 6.45) is -3.63. The lowest BCUT2D eigenvalue weighted by Crippen LogP contribution is -2.49. The van der Waals surface area contributed by atoms with Crippen LogP contribution >= 0.6 is 0 Å². The first-order chi connectivity index (χ1) is 19.4. The van der Waals surface area contributed by atoms with E-state index in [1.54, 1.807) is 12.1 Å². The molecule has 0 radical (unpaired) electrons. The first-order valence-electron chi connectivity index (χ1n) is 13.1. The fourth-order valence-electron chi connectivity index (χ4n) is 5.38. The molecular formula is C30H27F3N2O5S. The minimum Gasteiger partial charge on any atom is -0.480 e. The molecule has 1 atom stereocenters. The van der Waals surface area contributed by atoms with Crippen molar-refractivity contribution in [2.75, 3.05) is 13.1 Å². The van der Waals surface area contributed by atoms with E-state index in [-0.39, 0.29) is 29.7 Å². The highest BCUT2D eigenvalue weighted by molar-refractivity contribution is 7.89. The summed E-state index contributed by atoms with van der Waals surface area (Å²) in [5.74, 6) is -1.42. The van der Waals surface area contributed by atoms with E-state index in [1.165, 1.54) is 12.1 Å². The number of rotatable bonds is 7. The number of nitrogens with zero attached hydrogens (tertiary/aromatic N) is 2. The van der Waals surface area contributed by atoms with Crippen LogP contribution in [0, 0.1) is 0 Å². The van der Waals surface area contributed by atoms with E-state index in [4.69, 9.17) is 0 Å². The third kappa shape index (κ3) is 5.27. The van der Waals surface area contributed by atoms with Gasteiger partial charge in [-0.1, -0.05) is 67.9 Å². The zero-order chi connectivity index (χ0) is 29.5. The molecule has 3 aromatic carbocycles. The lowest BCUT2D eigenvalue weighted by Gasteiger charge is -2.35. The lowest BCUT2D eigenvalue weighted by atomic mass is 9.93. The van der Waals surface area contributed by atoms with Crippen LogP contribution in [0.3, 0.4) is 0 Å². The average molecular weight is 585 g/mol. The molecule has 0 saturated heterocycles. The summed E-state index contributed by atoms with van der Waals surface area (Å²) >= 11 is 0. The van der Waals surface area contributed by atoms with E-state index in [2.05, 4.69) is 0 Å². The van der Waals surface area contributed by atoms with E-state index in [0.717, 1.165) is 38.8 Å². The van der Waals surface area contributed by atoms with Crippen molar-refractivity contribution in [1.82, 2.24) is 8.87 Å². The van der Waals surface area contributed by atoms with Gasteiger partial charge in [-0.25, -0.2) is 13.2 Å². The molecule has 4 aromatic rings. The number of fused-ring (bicyclic) bond motifs is 2. The first-order valence-corrected chi connectivity index (χ1v) is 14.5. The van der Waals surface area contributed by atoms with Crippen LogP contribution in [0.25, 0.3) is 21.9 Å². The zero-order valence-electron chi connectivity index (χ0n) is 22.1. The molecule has 0 fully saturated rings. The van der Waals surface area contributed by atoms with Crippen molar-refractivity contribution in [3.63, 3.8) is 0 Å². The van der Waals surface area contributed by atoms with Gasteiger partial charge in [-0.05, 0) is 52.4 Å². The fourth-order valence-corrected chi connectivity index (χ4v) is 7.30. The molecule has 1 aromatic heterocycles. The van der Waals surface area contributed by atoms with E-state index < -0.39 is 50.9 Å². The van der Waals surface area contributed by atoms with Gasteiger partial charge in [-0.3, -0.25) is 9.36 Å². The van der Waals surface area contributed by atoms with Crippen molar-refractivity contribution in [1.29, 1.82) is 0 Å². The Balaban J connectivity index is 1.86. The van der Waals surface area contributed by atoms with Gasteiger partial charge in [0.1, 0.15) is 6.04 Å². The Bertz CT molecular complexity index is 1810. The number of sulfonamides is 1. The SMILES string of the molecule is CCCCN1C[C@@H](C(=O)O)n2c(c(-c3cccc(C(F)(F)F)c3)c(Cc3cccc4ccccc34)cc2=O)S1(=O)=O. The Hall–Kier alpha value is -3.96. The number of pyridine rings is 1. The van der Waals surface area contributed by atoms with Crippen molar-refractivity contribution in [2.45, 2.75) is 43.4 Å². The van der Waals surface area contributed by atoms with Crippen molar-refractivity contribution in [3.8, 4) is 11.1 Å². The van der Waals surface area contributed by atoms with Gasteiger partial charge < -0.3 is 5.11 Å². The van der Waals surface area contributed by atoms with Gasteiger partial charge in [0.05, 0.1) is 5.56 Å². The van der Waals surface area contributed by atoms with Crippen molar-refractivity contribution in [2.24, 2.45) is 0 Å². The Morgan fingerprint density at radius 2 is 1.71 bits per heavy atom. The van der Waals surface area contributed by atoms with E-state index in [1.807, 2.05) is 37.3 Å². The fraction of sp³-hybridized carbons (Fsp3) is 0.267. The highest BCUT2D eigenvalue weighted by Gasteiger charge is 2.43. The Morgan fingerprint density at radius 1 is 1.00 bits per heavy atom. The molecule has 214 valence electrons. The van der Waals surface area contributed by atoms with Crippen molar-refractivity contribution in [3.05, 3.63) is 99.8 Å². The number of unbranched alkanes of at least 4 members (excludes halogenated alkanes) is 1. The molecule has 0 bridgehead atoms.